The molecule has 0 aromatic heterocycles. The molecule has 2 N–H and O–H groups in total. The van der Waals surface area contributed by atoms with Crippen molar-refractivity contribution in [1.29, 1.82) is 0 Å². The van der Waals surface area contributed by atoms with E-state index in [0.29, 0.717) is 16.9 Å². The summed E-state index contributed by atoms with van der Waals surface area (Å²) < 4.78 is 13.4. The number of nitro benzene ring substituents is 1. The van der Waals surface area contributed by atoms with Gasteiger partial charge in [-0.1, -0.05) is 18.2 Å². The van der Waals surface area contributed by atoms with Gasteiger partial charge >= 0.3 is 0 Å². The maximum atomic E-state index is 13.4. The number of benzene rings is 2. The molecule has 0 aliphatic heterocycles. The molecule has 7 heteroatoms. The molecule has 23 heavy (non-hydrogen) atoms. The van der Waals surface area contributed by atoms with E-state index in [1.165, 1.54) is 12.1 Å². The topological polar surface area (TPSA) is 84.3 Å². The van der Waals surface area contributed by atoms with Crippen molar-refractivity contribution in [1.82, 2.24) is 0 Å². The summed E-state index contributed by atoms with van der Waals surface area (Å²) in [5.41, 5.74) is 1.19. The van der Waals surface area contributed by atoms with Gasteiger partial charge in [0.15, 0.2) is 0 Å². The summed E-state index contributed by atoms with van der Waals surface area (Å²) in [6.07, 6.45) is 0.0988. The number of para-hydroxylation sites is 2. The lowest BCUT2D eigenvalue weighted by Gasteiger charge is -2.08. The molecular weight excluding hydrogens is 301 g/mol. The van der Waals surface area contributed by atoms with Gasteiger partial charge in [-0.3, -0.25) is 14.9 Å². The molecule has 0 radical (unpaired) electrons. The summed E-state index contributed by atoms with van der Waals surface area (Å²) in [5.74, 6) is -0.694. The molecule has 6 nitrogen and oxygen atoms in total. The summed E-state index contributed by atoms with van der Waals surface area (Å²) in [6.45, 7) is 1.86. The van der Waals surface area contributed by atoms with Gasteiger partial charge in [0.2, 0.25) is 5.91 Å². The summed E-state index contributed by atoms with van der Waals surface area (Å²) in [6, 6.07) is 10.7. The maximum absolute atomic E-state index is 13.4. The van der Waals surface area contributed by atoms with Crippen LogP contribution >= 0.6 is 0 Å². The maximum Gasteiger partial charge on any atom is 0.292 e. The highest BCUT2D eigenvalue weighted by Gasteiger charge is 2.12. The SMILES string of the molecule is Cc1ccc(NC(=O)CCNc2ccccc2[N+](=O)[O-])cc1F. The number of nitrogens with zero attached hydrogens (tertiary/aromatic N) is 1. The van der Waals surface area contributed by atoms with Crippen molar-refractivity contribution < 1.29 is 14.1 Å². The number of nitrogens with one attached hydrogen (secondary N) is 2. The molecule has 0 atom stereocenters. The third-order valence-corrected chi connectivity index (χ3v) is 3.22. The van der Waals surface area contributed by atoms with E-state index >= 15 is 0 Å². The average Bonchev–Trinajstić information content (AvgIpc) is 2.51. The first-order valence-electron chi connectivity index (χ1n) is 7.00. The van der Waals surface area contributed by atoms with Crippen LogP contribution in [0.2, 0.25) is 0 Å². The van der Waals surface area contributed by atoms with E-state index < -0.39 is 4.92 Å². The summed E-state index contributed by atoms with van der Waals surface area (Å²) in [4.78, 5) is 22.2. The second-order valence-electron chi connectivity index (χ2n) is 4.96. The first-order chi connectivity index (χ1) is 11.0. The summed E-state index contributed by atoms with van der Waals surface area (Å²) >= 11 is 0. The molecule has 0 spiro atoms. The molecule has 2 aromatic rings. The normalized spacial score (nSPS) is 10.2. The van der Waals surface area contributed by atoms with Crippen LogP contribution in [-0.4, -0.2) is 17.4 Å². The molecule has 0 aliphatic carbocycles. The van der Waals surface area contributed by atoms with Crippen molar-refractivity contribution >= 4 is 23.0 Å². The minimum absolute atomic E-state index is 0.0477. The molecule has 1 amide bonds. The van der Waals surface area contributed by atoms with Crippen molar-refractivity contribution in [3.8, 4) is 0 Å². The minimum atomic E-state index is -0.489. The van der Waals surface area contributed by atoms with Crippen molar-refractivity contribution in [2.24, 2.45) is 0 Å². The number of carbonyl (C=O) groups is 1. The number of rotatable bonds is 6. The predicted molar refractivity (Wildman–Crippen MR) is 86.0 cm³/mol. The van der Waals surface area contributed by atoms with Gasteiger partial charge in [-0.25, -0.2) is 4.39 Å². The second-order valence-corrected chi connectivity index (χ2v) is 4.96. The zero-order chi connectivity index (χ0) is 16.8. The Bertz CT molecular complexity index is 734. The van der Waals surface area contributed by atoms with Gasteiger partial charge in [0.1, 0.15) is 11.5 Å². The van der Waals surface area contributed by atoms with Crippen LogP contribution in [0.5, 0.6) is 0 Å². The predicted octanol–water partition coefficient (Wildman–Crippen LogP) is 3.48. The summed E-state index contributed by atoms with van der Waals surface area (Å²) in [7, 11) is 0. The van der Waals surface area contributed by atoms with E-state index in [1.807, 2.05) is 0 Å². The lowest BCUT2D eigenvalue weighted by molar-refractivity contribution is -0.384. The number of hydrogen-bond acceptors (Lipinski definition) is 4. The van der Waals surface area contributed by atoms with E-state index in [2.05, 4.69) is 10.6 Å². The van der Waals surface area contributed by atoms with E-state index in [9.17, 15) is 19.3 Å². The van der Waals surface area contributed by atoms with Crippen LogP contribution in [0.1, 0.15) is 12.0 Å². The highest BCUT2D eigenvalue weighted by molar-refractivity contribution is 5.91. The zero-order valence-electron chi connectivity index (χ0n) is 12.5. The minimum Gasteiger partial charge on any atom is -0.379 e. The van der Waals surface area contributed by atoms with E-state index in [4.69, 9.17) is 0 Å². The number of amides is 1. The quantitative estimate of drug-likeness (QED) is 0.631. The lowest BCUT2D eigenvalue weighted by atomic mass is 10.2. The first-order valence-corrected chi connectivity index (χ1v) is 7.00. The molecule has 0 unspecified atom stereocenters. The number of nitro groups is 1. The molecule has 0 saturated carbocycles. The number of aryl methyl sites for hydroxylation is 1. The molecule has 2 aromatic carbocycles. The van der Waals surface area contributed by atoms with Gasteiger partial charge in [0.25, 0.3) is 5.69 Å². The molecule has 120 valence electrons. The number of anilines is 2. The smallest absolute Gasteiger partial charge is 0.292 e. The first kappa shape index (κ1) is 16.4. The third-order valence-electron chi connectivity index (χ3n) is 3.22. The van der Waals surface area contributed by atoms with Gasteiger partial charge in [0.05, 0.1) is 4.92 Å². The Morgan fingerprint density at radius 1 is 1.26 bits per heavy atom. The van der Waals surface area contributed by atoms with Crippen molar-refractivity contribution in [2.75, 3.05) is 17.2 Å². The monoisotopic (exact) mass is 317 g/mol. The Balaban J connectivity index is 1.88. The van der Waals surface area contributed by atoms with E-state index in [1.54, 1.807) is 37.3 Å². The van der Waals surface area contributed by atoms with Gasteiger partial charge in [-0.2, -0.15) is 0 Å². The Hall–Kier alpha value is -2.96. The molecule has 0 saturated heterocycles. The second kappa shape index (κ2) is 7.35. The van der Waals surface area contributed by atoms with Crippen molar-refractivity contribution in [3.05, 3.63) is 64.0 Å². The van der Waals surface area contributed by atoms with Crippen LogP contribution in [-0.2, 0) is 4.79 Å². The highest BCUT2D eigenvalue weighted by Crippen LogP contribution is 2.23. The number of carbonyl (C=O) groups excluding carboxylic acids is 1. The molecule has 0 aliphatic rings. The van der Waals surface area contributed by atoms with Crippen LogP contribution < -0.4 is 10.6 Å². The fraction of sp³-hybridized carbons (Fsp3) is 0.188. The fourth-order valence-corrected chi connectivity index (χ4v) is 1.99. The molecule has 0 fully saturated rings. The standard InChI is InChI=1S/C16H16FN3O3/c1-11-6-7-12(10-13(11)17)19-16(21)8-9-18-14-4-2-3-5-15(14)20(22)23/h2-7,10,18H,8-9H2,1H3,(H,19,21). The third kappa shape index (κ3) is 4.50. The molecule has 0 heterocycles. The van der Waals surface area contributed by atoms with Gasteiger partial charge < -0.3 is 10.6 Å². The van der Waals surface area contributed by atoms with Crippen LogP contribution in [0.4, 0.5) is 21.5 Å². The Morgan fingerprint density at radius 2 is 2.00 bits per heavy atom. The Morgan fingerprint density at radius 3 is 2.70 bits per heavy atom. The molecule has 2 rings (SSSR count). The molecule has 0 bridgehead atoms. The van der Waals surface area contributed by atoms with Crippen molar-refractivity contribution in [2.45, 2.75) is 13.3 Å². The van der Waals surface area contributed by atoms with Gasteiger partial charge in [0, 0.05) is 24.7 Å². The average molecular weight is 317 g/mol. The van der Waals surface area contributed by atoms with Gasteiger partial charge in [-0.15, -0.1) is 0 Å². The van der Waals surface area contributed by atoms with Crippen LogP contribution in [0.15, 0.2) is 42.5 Å². The van der Waals surface area contributed by atoms with Crippen LogP contribution in [0.3, 0.4) is 0 Å². The van der Waals surface area contributed by atoms with Crippen LogP contribution in [0.25, 0.3) is 0 Å². The fourth-order valence-electron chi connectivity index (χ4n) is 1.99. The summed E-state index contributed by atoms with van der Waals surface area (Å²) in [5, 5.41) is 16.3. The zero-order valence-corrected chi connectivity index (χ0v) is 12.5. The number of hydrogen-bond donors (Lipinski definition) is 2. The van der Waals surface area contributed by atoms with Crippen LogP contribution in [0, 0.1) is 22.9 Å². The van der Waals surface area contributed by atoms with Gasteiger partial charge in [-0.05, 0) is 30.7 Å². The largest absolute Gasteiger partial charge is 0.379 e. The molecular formula is C16H16FN3O3. The Labute approximate surface area is 132 Å². The lowest BCUT2D eigenvalue weighted by Crippen LogP contribution is -2.16. The van der Waals surface area contributed by atoms with E-state index in [0.717, 1.165) is 0 Å². The highest BCUT2D eigenvalue weighted by atomic mass is 19.1. The van der Waals surface area contributed by atoms with E-state index in [-0.39, 0.29) is 30.4 Å². The number of halogens is 1. The van der Waals surface area contributed by atoms with Crippen molar-refractivity contribution in [3.63, 3.8) is 0 Å². The Kier molecular flexibility index (Phi) is 5.24.